The SMILES string of the molecule is CNC(COc1c(C)cccc1C)C(=O)O. The second-order valence-electron chi connectivity index (χ2n) is 3.71. The lowest BCUT2D eigenvalue weighted by Crippen LogP contribution is -2.39. The Kier molecular flexibility index (Phi) is 4.31. The van der Waals surface area contributed by atoms with Crippen LogP contribution >= 0.6 is 0 Å². The van der Waals surface area contributed by atoms with Crippen molar-refractivity contribution in [3.8, 4) is 5.75 Å². The summed E-state index contributed by atoms with van der Waals surface area (Å²) in [7, 11) is 1.60. The molecule has 0 aromatic heterocycles. The first-order valence-corrected chi connectivity index (χ1v) is 5.15. The van der Waals surface area contributed by atoms with Crippen molar-refractivity contribution < 1.29 is 14.6 Å². The third-order valence-corrected chi connectivity index (χ3v) is 2.45. The molecule has 88 valence electrons. The van der Waals surface area contributed by atoms with Crippen LogP contribution < -0.4 is 10.1 Å². The van der Waals surface area contributed by atoms with Crippen LogP contribution in [0.3, 0.4) is 0 Å². The first-order chi connectivity index (χ1) is 7.56. The van der Waals surface area contributed by atoms with Crippen LogP contribution in [0.25, 0.3) is 0 Å². The molecule has 1 unspecified atom stereocenters. The van der Waals surface area contributed by atoms with Crippen molar-refractivity contribution in [2.75, 3.05) is 13.7 Å². The lowest BCUT2D eigenvalue weighted by molar-refractivity contribution is -0.140. The molecule has 0 radical (unpaired) electrons. The van der Waals surface area contributed by atoms with E-state index in [1.54, 1.807) is 7.05 Å². The van der Waals surface area contributed by atoms with Gasteiger partial charge in [-0.05, 0) is 32.0 Å². The maximum Gasteiger partial charge on any atom is 0.324 e. The zero-order valence-corrected chi connectivity index (χ0v) is 9.78. The average molecular weight is 223 g/mol. The molecule has 1 atom stereocenters. The van der Waals surface area contributed by atoms with Crippen molar-refractivity contribution in [2.45, 2.75) is 19.9 Å². The zero-order chi connectivity index (χ0) is 12.1. The highest BCUT2D eigenvalue weighted by molar-refractivity contribution is 5.73. The number of aryl methyl sites for hydroxylation is 2. The molecule has 0 amide bonds. The number of likely N-dealkylation sites (N-methyl/N-ethyl adjacent to an activating group) is 1. The first kappa shape index (κ1) is 12.5. The Balaban J connectivity index is 2.70. The minimum atomic E-state index is -0.909. The van der Waals surface area contributed by atoms with Crippen LogP contribution in [-0.4, -0.2) is 30.8 Å². The quantitative estimate of drug-likeness (QED) is 0.791. The van der Waals surface area contributed by atoms with Crippen molar-refractivity contribution in [2.24, 2.45) is 0 Å². The summed E-state index contributed by atoms with van der Waals surface area (Å²) >= 11 is 0. The van der Waals surface area contributed by atoms with E-state index in [2.05, 4.69) is 5.32 Å². The number of nitrogens with one attached hydrogen (secondary N) is 1. The Morgan fingerprint density at radius 1 is 1.44 bits per heavy atom. The van der Waals surface area contributed by atoms with Gasteiger partial charge in [-0.1, -0.05) is 18.2 Å². The molecule has 1 rings (SSSR count). The van der Waals surface area contributed by atoms with Gasteiger partial charge < -0.3 is 15.2 Å². The smallest absolute Gasteiger partial charge is 0.324 e. The highest BCUT2D eigenvalue weighted by Gasteiger charge is 2.16. The predicted molar refractivity (Wildman–Crippen MR) is 61.9 cm³/mol. The molecule has 0 saturated heterocycles. The number of ether oxygens (including phenoxy) is 1. The van der Waals surface area contributed by atoms with E-state index in [4.69, 9.17) is 9.84 Å². The molecule has 0 heterocycles. The largest absolute Gasteiger partial charge is 0.491 e. The fourth-order valence-corrected chi connectivity index (χ4v) is 1.47. The fourth-order valence-electron chi connectivity index (χ4n) is 1.47. The molecule has 0 spiro atoms. The van der Waals surface area contributed by atoms with E-state index in [1.165, 1.54) is 0 Å². The van der Waals surface area contributed by atoms with Crippen LogP contribution in [0.1, 0.15) is 11.1 Å². The van der Waals surface area contributed by atoms with Gasteiger partial charge >= 0.3 is 5.97 Å². The molecule has 1 aromatic rings. The highest BCUT2D eigenvalue weighted by Crippen LogP contribution is 2.22. The van der Waals surface area contributed by atoms with Crippen LogP contribution in [0.2, 0.25) is 0 Å². The Bertz CT molecular complexity index is 356. The summed E-state index contributed by atoms with van der Waals surface area (Å²) in [4.78, 5) is 10.8. The predicted octanol–water partition coefficient (Wildman–Crippen LogP) is 1.35. The fraction of sp³-hybridized carbons (Fsp3) is 0.417. The van der Waals surface area contributed by atoms with Crippen LogP contribution in [-0.2, 0) is 4.79 Å². The van der Waals surface area contributed by atoms with Gasteiger partial charge in [0.2, 0.25) is 0 Å². The van der Waals surface area contributed by atoms with Crippen LogP contribution in [0.4, 0.5) is 0 Å². The molecule has 0 bridgehead atoms. The van der Waals surface area contributed by atoms with E-state index in [1.807, 2.05) is 32.0 Å². The van der Waals surface area contributed by atoms with Crippen molar-refractivity contribution in [1.82, 2.24) is 5.32 Å². The van der Waals surface area contributed by atoms with Crippen molar-refractivity contribution >= 4 is 5.97 Å². The summed E-state index contributed by atoms with van der Waals surface area (Å²) < 4.78 is 5.54. The number of hydrogen-bond donors (Lipinski definition) is 2. The number of hydrogen-bond acceptors (Lipinski definition) is 3. The van der Waals surface area contributed by atoms with Gasteiger partial charge in [-0.15, -0.1) is 0 Å². The maximum atomic E-state index is 10.8. The van der Waals surface area contributed by atoms with E-state index in [9.17, 15) is 4.79 Å². The van der Waals surface area contributed by atoms with Crippen molar-refractivity contribution in [1.29, 1.82) is 0 Å². The summed E-state index contributed by atoms with van der Waals surface area (Å²) in [6.07, 6.45) is 0. The Morgan fingerprint density at radius 3 is 2.44 bits per heavy atom. The topological polar surface area (TPSA) is 58.6 Å². The number of carboxylic acid groups (broad SMARTS) is 1. The molecular weight excluding hydrogens is 206 g/mol. The molecular formula is C12H17NO3. The van der Waals surface area contributed by atoms with E-state index in [0.29, 0.717) is 0 Å². The second-order valence-corrected chi connectivity index (χ2v) is 3.71. The van der Waals surface area contributed by atoms with Gasteiger partial charge in [0.15, 0.2) is 0 Å². The molecule has 16 heavy (non-hydrogen) atoms. The molecule has 0 fully saturated rings. The zero-order valence-electron chi connectivity index (χ0n) is 9.78. The van der Waals surface area contributed by atoms with Crippen LogP contribution in [0.15, 0.2) is 18.2 Å². The first-order valence-electron chi connectivity index (χ1n) is 5.15. The normalized spacial score (nSPS) is 12.2. The van der Waals surface area contributed by atoms with Crippen LogP contribution in [0.5, 0.6) is 5.75 Å². The lowest BCUT2D eigenvalue weighted by atomic mass is 10.1. The summed E-state index contributed by atoms with van der Waals surface area (Å²) in [5, 5.41) is 11.5. The minimum Gasteiger partial charge on any atom is -0.491 e. The van der Waals surface area contributed by atoms with Gasteiger partial charge in [0.1, 0.15) is 18.4 Å². The third-order valence-electron chi connectivity index (χ3n) is 2.45. The van der Waals surface area contributed by atoms with E-state index in [-0.39, 0.29) is 6.61 Å². The summed E-state index contributed by atoms with van der Waals surface area (Å²) in [5.41, 5.74) is 2.03. The number of aliphatic carboxylic acids is 1. The number of rotatable bonds is 5. The molecule has 4 heteroatoms. The lowest BCUT2D eigenvalue weighted by Gasteiger charge is -2.15. The van der Waals surface area contributed by atoms with E-state index >= 15 is 0 Å². The van der Waals surface area contributed by atoms with E-state index in [0.717, 1.165) is 16.9 Å². The standard InChI is InChI=1S/C12H17NO3/c1-8-5-4-6-9(2)11(8)16-7-10(13-3)12(14)15/h4-6,10,13H,7H2,1-3H3,(H,14,15). The molecule has 0 aliphatic heterocycles. The Labute approximate surface area is 95.2 Å². The number of para-hydroxylation sites is 1. The molecule has 2 N–H and O–H groups in total. The van der Waals surface area contributed by atoms with Crippen LogP contribution in [0, 0.1) is 13.8 Å². The van der Waals surface area contributed by atoms with Gasteiger partial charge in [-0.25, -0.2) is 0 Å². The average Bonchev–Trinajstić information content (AvgIpc) is 2.22. The van der Waals surface area contributed by atoms with Gasteiger partial charge in [-0.3, -0.25) is 4.79 Å². The number of benzene rings is 1. The molecule has 0 aliphatic carbocycles. The summed E-state index contributed by atoms with van der Waals surface area (Å²) in [6.45, 7) is 4.01. The summed E-state index contributed by atoms with van der Waals surface area (Å²) in [5.74, 6) is -0.141. The van der Waals surface area contributed by atoms with Gasteiger partial charge in [0.25, 0.3) is 0 Å². The molecule has 0 saturated carbocycles. The van der Waals surface area contributed by atoms with Crippen molar-refractivity contribution in [3.05, 3.63) is 29.3 Å². The Hall–Kier alpha value is -1.55. The summed E-state index contributed by atoms with van der Waals surface area (Å²) in [6, 6.07) is 5.15. The second kappa shape index (κ2) is 5.51. The molecule has 0 aliphatic rings. The highest BCUT2D eigenvalue weighted by atomic mass is 16.5. The van der Waals surface area contributed by atoms with Gasteiger partial charge in [-0.2, -0.15) is 0 Å². The van der Waals surface area contributed by atoms with E-state index < -0.39 is 12.0 Å². The maximum absolute atomic E-state index is 10.8. The monoisotopic (exact) mass is 223 g/mol. The minimum absolute atomic E-state index is 0.123. The molecule has 4 nitrogen and oxygen atoms in total. The number of carboxylic acids is 1. The number of carbonyl (C=O) groups is 1. The Morgan fingerprint density at radius 2 is 2.00 bits per heavy atom. The van der Waals surface area contributed by atoms with Gasteiger partial charge in [0, 0.05) is 0 Å². The third kappa shape index (κ3) is 2.97. The molecule has 1 aromatic carbocycles. The van der Waals surface area contributed by atoms with Gasteiger partial charge in [0.05, 0.1) is 0 Å². The van der Waals surface area contributed by atoms with Crippen molar-refractivity contribution in [3.63, 3.8) is 0 Å².